The minimum atomic E-state index is -4.67. The van der Waals surface area contributed by atoms with Gasteiger partial charge in [0.2, 0.25) is 0 Å². The molecule has 0 aromatic carbocycles. The Bertz CT molecular complexity index is 635. The lowest BCUT2D eigenvalue weighted by Crippen LogP contribution is -2.38. The second kappa shape index (κ2) is 5.29. The van der Waals surface area contributed by atoms with Crippen LogP contribution in [0.3, 0.4) is 0 Å². The zero-order chi connectivity index (χ0) is 14.8. The lowest BCUT2D eigenvalue weighted by atomic mass is 10.4. The van der Waals surface area contributed by atoms with E-state index in [1.165, 1.54) is 18.4 Å². The van der Waals surface area contributed by atoms with Crippen LogP contribution in [-0.4, -0.2) is 35.4 Å². The fraction of sp³-hybridized carbons (Fsp3) is 0.300. The van der Waals surface area contributed by atoms with Gasteiger partial charge in [-0.25, -0.2) is 13.4 Å². The minimum absolute atomic E-state index is 0.109. The number of alkyl halides is 3. The molecule has 0 unspecified atom stereocenters. The molecule has 0 fully saturated rings. The maximum Gasteiger partial charge on any atom is 0.402 e. The number of nitrogens with one attached hydrogen (secondary N) is 1. The molecule has 2 heterocycles. The maximum absolute atomic E-state index is 12.5. The highest BCUT2D eigenvalue weighted by Gasteiger charge is 2.38. The van der Waals surface area contributed by atoms with Crippen LogP contribution in [0, 0.1) is 0 Å². The maximum atomic E-state index is 12.5. The SMILES string of the molecule is O=S(=O)(c1cnc[nH]1)N(Cc1ccco1)CC(F)(F)F. The average Bonchev–Trinajstić information content (AvgIpc) is 2.99. The number of furan rings is 1. The molecule has 0 saturated carbocycles. The van der Waals surface area contributed by atoms with Gasteiger partial charge >= 0.3 is 6.18 Å². The molecule has 0 aliphatic carbocycles. The monoisotopic (exact) mass is 309 g/mol. The minimum Gasteiger partial charge on any atom is -0.468 e. The Morgan fingerprint density at radius 1 is 1.40 bits per heavy atom. The number of imidazole rings is 1. The van der Waals surface area contributed by atoms with Crippen LogP contribution in [0.15, 0.2) is 40.4 Å². The highest BCUT2D eigenvalue weighted by atomic mass is 32.2. The number of nitrogens with zero attached hydrogens (tertiary/aromatic N) is 2. The molecule has 2 aromatic rings. The van der Waals surface area contributed by atoms with Crippen LogP contribution in [0.25, 0.3) is 0 Å². The van der Waals surface area contributed by atoms with Crippen LogP contribution in [-0.2, 0) is 16.6 Å². The van der Waals surface area contributed by atoms with Crippen molar-refractivity contribution < 1.29 is 26.0 Å². The van der Waals surface area contributed by atoms with E-state index in [-0.39, 0.29) is 10.1 Å². The van der Waals surface area contributed by atoms with Crippen LogP contribution < -0.4 is 0 Å². The van der Waals surface area contributed by atoms with E-state index in [9.17, 15) is 21.6 Å². The second-order valence-corrected chi connectivity index (χ2v) is 5.79. The number of hydrogen-bond donors (Lipinski definition) is 1. The summed E-state index contributed by atoms with van der Waals surface area (Å²) in [4.78, 5) is 5.78. The zero-order valence-electron chi connectivity index (χ0n) is 9.96. The Hall–Kier alpha value is -1.81. The van der Waals surface area contributed by atoms with Crippen molar-refractivity contribution in [1.82, 2.24) is 14.3 Å². The molecule has 0 bridgehead atoms. The van der Waals surface area contributed by atoms with Gasteiger partial charge in [0.05, 0.1) is 25.3 Å². The Kier molecular flexibility index (Phi) is 3.86. The molecule has 1 N–H and O–H groups in total. The quantitative estimate of drug-likeness (QED) is 0.912. The molecule has 0 atom stereocenters. The number of aromatic amines is 1. The van der Waals surface area contributed by atoms with Crippen molar-refractivity contribution in [3.8, 4) is 0 Å². The smallest absolute Gasteiger partial charge is 0.402 e. The third-order valence-corrected chi connectivity index (χ3v) is 4.08. The molecular weight excluding hydrogens is 299 g/mol. The van der Waals surface area contributed by atoms with Crippen LogP contribution in [0.4, 0.5) is 13.2 Å². The van der Waals surface area contributed by atoms with Gasteiger partial charge in [0, 0.05) is 0 Å². The summed E-state index contributed by atoms with van der Waals surface area (Å²) >= 11 is 0. The molecular formula is C10H10F3N3O3S. The van der Waals surface area contributed by atoms with Crippen molar-refractivity contribution in [2.45, 2.75) is 17.7 Å². The first kappa shape index (κ1) is 14.6. The molecule has 20 heavy (non-hydrogen) atoms. The van der Waals surface area contributed by atoms with E-state index in [1.54, 1.807) is 0 Å². The van der Waals surface area contributed by atoms with Crippen molar-refractivity contribution in [2.24, 2.45) is 0 Å². The van der Waals surface area contributed by atoms with Gasteiger partial charge in [0.15, 0.2) is 5.03 Å². The number of halogens is 3. The summed E-state index contributed by atoms with van der Waals surface area (Å²) in [5, 5.41) is -0.409. The summed E-state index contributed by atoms with van der Waals surface area (Å²) in [5.74, 6) is 0.109. The van der Waals surface area contributed by atoms with E-state index in [0.717, 1.165) is 12.5 Å². The van der Waals surface area contributed by atoms with E-state index in [1.807, 2.05) is 0 Å². The van der Waals surface area contributed by atoms with Crippen LogP contribution in [0.1, 0.15) is 5.76 Å². The normalized spacial score (nSPS) is 13.0. The van der Waals surface area contributed by atoms with Crippen molar-refractivity contribution in [1.29, 1.82) is 0 Å². The third-order valence-electron chi connectivity index (χ3n) is 2.36. The van der Waals surface area contributed by atoms with Gasteiger partial charge in [-0.3, -0.25) is 0 Å². The van der Waals surface area contributed by atoms with E-state index in [2.05, 4.69) is 9.97 Å². The number of sulfonamides is 1. The summed E-state index contributed by atoms with van der Waals surface area (Å²) < 4.78 is 67.0. The Morgan fingerprint density at radius 3 is 2.65 bits per heavy atom. The van der Waals surface area contributed by atoms with E-state index in [0.29, 0.717) is 0 Å². The second-order valence-electron chi connectivity index (χ2n) is 3.88. The first-order chi connectivity index (χ1) is 9.29. The highest BCUT2D eigenvalue weighted by Crippen LogP contribution is 2.23. The van der Waals surface area contributed by atoms with Crippen LogP contribution >= 0.6 is 0 Å². The summed E-state index contributed by atoms with van der Waals surface area (Å²) in [6.45, 7) is -2.14. The summed E-state index contributed by atoms with van der Waals surface area (Å²) in [6.07, 6.45) is -1.39. The molecule has 110 valence electrons. The molecule has 0 amide bonds. The van der Waals surface area contributed by atoms with Crippen molar-refractivity contribution in [3.63, 3.8) is 0 Å². The summed E-state index contributed by atoms with van der Waals surface area (Å²) in [7, 11) is -4.33. The van der Waals surface area contributed by atoms with Gasteiger partial charge in [0.25, 0.3) is 10.0 Å². The Labute approximate surface area is 112 Å². The molecule has 10 heteroatoms. The average molecular weight is 309 g/mol. The van der Waals surface area contributed by atoms with E-state index < -0.39 is 34.3 Å². The standard InChI is InChI=1S/C10H10F3N3O3S/c11-10(12,13)6-16(5-8-2-1-3-19-8)20(17,18)9-4-14-7-15-9/h1-4,7H,5-6H2,(H,14,15). The molecule has 2 aromatic heterocycles. The van der Waals surface area contributed by atoms with Gasteiger partial charge in [-0.1, -0.05) is 0 Å². The predicted octanol–water partition coefficient (Wildman–Crippen LogP) is 1.76. The number of rotatable bonds is 5. The zero-order valence-corrected chi connectivity index (χ0v) is 10.8. The van der Waals surface area contributed by atoms with Crippen LogP contribution in [0.2, 0.25) is 0 Å². The van der Waals surface area contributed by atoms with Gasteiger partial charge in [-0.15, -0.1) is 0 Å². The van der Waals surface area contributed by atoms with E-state index >= 15 is 0 Å². The predicted molar refractivity (Wildman–Crippen MR) is 60.9 cm³/mol. The molecule has 2 rings (SSSR count). The van der Waals surface area contributed by atoms with Gasteiger partial charge in [-0.05, 0) is 12.1 Å². The summed E-state index contributed by atoms with van der Waals surface area (Å²) in [6, 6.07) is 2.86. The van der Waals surface area contributed by atoms with Gasteiger partial charge in [0.1, 0.15) is 12.3 Å². The molecule has 0 spiro atoms. The van der Waals surface area contributed by atoms with Crippen molar-refractivity contribution >= 4 is 10.0 Å². The van der Waals surface area contributed by atoms with Crippen molar-refractivity contribution in [3.05, 3.63) is 36.7 Å². The topological polar surface area (TPSA) is 79.2 Å². The molecule has 0 radical (unpaired) electrons. The molecule has 0 aliphatic rings. The number of aromatic nitrogens is 2. The number of H-pyrrole nitrogens is 1. The fourth-order valence-corrected chi connectivity index (χ4v) is 2.81. The Balaban J connectivity index is 2.31. The molecule has 6 nitrogen and oxygen atoms in total. The van der Waals surface area contributed by atoms with Gasteiger partial charge in [-0.2, -0.15) is 17.5 Å². The Morgan fingerprint density at radius 2 is 2.15 bits per heavy atom. The van der Waals surface area contributed by atoms with Crippen LogP contribution in [0.5, 0.6) is 0 Å². The lowest BCUT2D eigenvalue weighted by Gasteiger charge is -2.21. The van der Waals surface area contributed by atoms with E-state index in [4.69, 9.17) is 4.42 Å². The highest BCUT2D eigenvalue weighted by molar-refractivity contribution is 7.89. The molecule has 0 aliphatic heterocycles. The first-order valence-corrected chi connectivity index (χ1v) is 6.81. The van der Waals surface area contributed by atoms with Crippen molar-refractivity contribution in [2.75, 3.05) is 6.54 Å². The number of hydrogen-bond acceptors (Lipinski definition) is 4. The van der Waals surface area contributed by atoms with Gasteiger partial charge < -0.3 is 9.40 Å². The largest absolute Gasteiger partial charge is 0.468 e. The first-order valence-electron chi connectivity index (χ1n) is 5.37. The lowest BCUT2D eigenvalue weighted by molar-refractivity contribution is -0.137. The molecule has 0 saturated heterocycles. The fourth-order valence-electron chi connectivity index (χ4n) is 1.53. The third kappa shape index (κ3) is 3.39. The summed E-state index contributed by atoms with van der Waals surface area (Å²) in [5.41, 5.74) is 0.